The average molecular weight is 532 g/mol. The van der Waals surface area contributed by atoms with Crippen LogP contribution in [0.3, 0.4) is 0 Å². The standard InChI is InChI=1S/C29H41NO8/c1-18(32)26(34)22(15-16-23-27(35)29(37)28(36)24(17-31)38-23)30-25(33)10-6-5-7-19-11-13-21(14-12-19)20-8-3-2-4-9-20/h2-4,8-9,11-14,18,22-24,26-29,31-32,34-37H,5-7,10,15-17H2,1H3,(H,30,33)/t18-,22?,23-,24-,26-,27+,28+,29-/m1/s1. The van der Waals surface area contributed by atoms with E-state index in [1.165, 1.54) is 12.5 Å². The van der Waals surface area contributed by atoms with Gasteiger partial charge in [-0.1, -0.05) is 54.6 Å². The van der Waals surface area contributed by atoms with E-state index in [9.17, 15) is 35.4 Å². The van der Waals surface area contributed by atoms with Crippen molar-refractivity contribution >= 4 is 5.91 Å². The van der Waals surface area contributed by atoms with E-state index in [-0.39, 0.29) is 25.2 Å². The quantitative estimate of drug-likeness (QED) is 0.188. The summed E-state index contributed by atoms with van der Waals surface area (Å²) < 4.78 is 5.51. The fraction of sp³-hybridized carbons (Fsp3) is 0.552. The Bertz CT molecular complexity index is 968. The molecule has 2 aromatic rings. The van der Waals surface area contributed by atoms with Crippen LogP contribution in [0.25, 0.3) is 11.1 Å². The van der Waals surface area contributed by atoms with Crippen LogP contribution in [-0.4, -0.2) is 91.9 Å². The second kappa shape index (κ2) is 14.7. The molecule has 9 heteroatoms. The number of aliphatic hydroxyl groups is 6. The lowest BCUT2D eigenvalue weighted by molar-refractivity contribution is -0.231. The lowest BCUT2D eigenvalue weighted by Gasteiger charge is -2.40. The minimum absolute atomic E-state index is 0.120. The first kappa shape index (κ1) is 30.2. The summed E-state index contributed by atoms with van der Waals surface area (Å²) in [4.78, 5) is 12.6. The molecule has 1 aliphatic rings. The highest BCUT2D eigenvalue weighted by atomic mass is 16.5. The Labute approximate surface area is 223 Å². The fourth-order valence-corrected chi connectivity index (χ4v) is 4.81. The number of hydrogen-bond donors (Lipinski definition) is 7. The van der Waals surface area contributed by atoms with Gasteiger partial charge >= 0.3 is 0 Å². The van der Waals surface area contributed by atoms with Crippen LogP contribution in [0.5, 0.6) is 0 Å². The third kappa shape index (κ3) is 8.31. The Morgan fingerprint density at radius 3 is 2.16 bits per heavy atom. The maximum Gasteiger partial charge on any atom is 0.220 e. The molecule has 1 amide bonds. The summed E-state index contributed by atoms with van der Waals surface area (Å²) in [6, 6.07) is 17.7. The first-order valence-electron chi connectivity index (χ1n) is 13.3. The largest absolute Gasteiger partial charge is 0.394 e. The van der Waals surface area contributed by atoms with Crippen molar-refractivity contribution in [2.24, 2.45) is 0 Å². The molecular weight excluding hydrogens is 490 g/mol. The van der Waals surface area contributed by atoms with E-state index in [1.807, 2.05) is 18.2 Å². The lowest BCUT2D eigenvalue weighted by Crippen LogP contribution is -2.58. The Kier molecular flexibility index (Phi) is 11.7. The van der Waals surface area contributed by atoms with Crippen LogP contribution in [0.1, 0.15) is 44.6 Å². The third-order valence-electron chi connectivity index (χ3n) is 7.19. The number of aryl methyl sites for hydroxylation is 1. The number of carbonyl (C=O) groups is 1. The normalized spacial score (nSPS) is 25.9. The maximum atomic E-state index is 12.6. The van der Waals surface area contributed by atoms with E-state index in [0.29, 0.717) is 6.42 Å². The molecule has 7 N–H and O–H groups in total. The number of carbonyl (C=O) groups excluding carboxylic acids is 1. The van der Waals surface area contributed by atoms with Crippen molar-refractivity contribution in [3.05, 3.63) is 60.2 Å². The van der Waals surface area contributed by atoms with Crippen molar-refractivity contribution in [1.82, 2.24) is 5.32 Å². The Morgan fingerprint density at radius 1 is 0.895 bits per heavy atom. The molecule has 9 nitrogen and oxygen atoms in total. The van der Waals surface area contributed by atoms with Crippen LogP contribution >= 0.6 is 0 Å². The lowest BCUT2D eigenvalue weighted by atomic mass is 9.90. The Balaban J connectivity index is 1.46. The fourth-order valence-electron chi connectivity index (χ4n) is 4.81. The number of rotatable bonds is 13. The molecule has 3 rings (SSSR count). The molecular formula is C29H41NO8. The number of benzene rings is 2. The van der Waals surface area contributed by atoms with Gasteiger partial charge < -0.3 is 40.7 Å². The first-order valence-corrected chi connectivity index (χ1v) is 13.3. The van der Waals surface area contributed by atoms with Crippen LogP contribution in [0, 0.1) is 0 Å². The van der Waals surface area contributed by atoms with Gasteiger partial charge in [-0.05, 0) is 55.7 Å². The monoisotopic (exact) mass is 531 g/mol. The summed E-state index contributed by atoms with van der Waals surface area (Å²) in [5.74, 6) is -0.261. The predicted octanol–water partition coefficient (Wildman–Crippen LogP) is 0.916. The molecule has 1 saturated heterocycles. The van der Waals surface area contributed by atoms with Crippen molar-refractivity contribution in [2.45, 2.75) is 94.2 Å². The maximum absolute atomic E-state index is 12.6. The molecule has 8 atom stereocenters. The van der Waals surface area contributed by atoms with Crippen molar-refractivity contribution in [2.75, 3.05) is 6.61 Å². The van der Waals surface area contributed by atoms with E-state index < -0.39 is 55.4 Å². The number of hydrogen-bond acceptors (Lipinski definition) is 8. The number of unbranched alkanes of at least 4 members (excludes halogenated alkanes) is 1. The SMILES string of the molecule is C[C@@H](O)[C@@H](O)C(CC[C@H]1O[C@H](CO)[C@H](O)[C@H](O)[C@H]1O)NC(=O)CCCCc1ccc(-c2ccccc2)cc1. The highest BCUT2D eigenvalue weighted by Gasteiger charge is 2.43. The topological polar surface area (TPSA) is 160 Å². The van der Waals surface area contributed by atoms with Gasteiger partial charge in [-0.25, -0.2) is 0 Å². The summed E-state index contributed by atoms with van der Waals surface area (Å²) in [5, 5.41) is 62.7. The summed E-state index contributed by atoms with van der Waals surface area (Å²) in [6.45, 7) is 0.885. The number of aliphatic hydroxyl groups excluding tert-OH is 6. The minimum atomic E-state index is -1.49. The molecule has 0 aliphatic carbocycles. The molecule has 0 spiro atoms. The van der Waals surface area contributed by atoms with Gasteiger partial charge in [0, 0.05) is 6.42 Å². The summed E-state index contributed by atoms with van der Waals surface area (Å²) in [5.41, 5.74) is 3.50. The van der Waals surface area contributed by atoms with Gasteiger partial charge in [-0.2, -0.15) is 0 Å². The zero-order valence-corrected chi connectivity index (χ0v) is 21.8. The molecule has 38 heavy (non-hydrogen) atoms. The van der Waals surface area contributed by atoms with Crippen molar-refractivity contribution < 1.29 is 40.2 Å². The van der Waals surface area contributed by atoms with Crippen molar-refractivity contribution in [3.63, 3.8) is 0 Å². The van der Waals surface area contributed by atoms with Gasteiger partial charge in [0.15, 0.2) is 0 Å². The van der Waals surface area contributed by atoms with E-state index in [0.717, 1.165) is 24.0 Å². The van der Waals surface area contributed by atoms with Gasteiger partial charge in [0.05, 0.1) is 31.0 Å². The average Bonchev–Trinajstić information content (AvgIpc) is 2.93. The predicted molar refractivity (Wildman–Crippen MR) is 142 cm³/mol. The van der Waals surface area contributed by atoms with Crippen LogP contribution in [0.15, 0.2) is 54.6 Å². The van der Waals surface area contributed by atoms with E-state index in [1.54, 1.807) is 0 Å². The minimum Gasteiger partial charge on any atom is -0.394 e. The Morgan fingerprint density at radius 2 is 1.53 bits per heavy atom. The molecule has 0 aromatic heterocycles. The highest BCUT2D eigenvalue weighted by molar-refractivity contribution is 5.76. The van der Waals surface area contributed by atoms with Gasteiger partial charge in [-0.3, -0.25) is 4.79 Å². The molecule has 0 bridgehead atoms. The third-order valence-corrected chi connectivity index (χ3v) is 7.19. The van der Waals surface area contributed by atoms with E-state index in [2.05, 4.69) is 41.7 Å². The summed E-state index contributed by atoms with van der Waals surface area (Å²) >= 11 is 0. The van der Waals surface area contributed by atoms with E-state index >= 15 is 0 Å². The second-order valence-electron chi connectivity index (χ2n) is 10.1. The van der Waals surface area contributed by atoms with Crippen LogP contribution in [-0.2, 0) is 16.0 Å². The summed E-state index contributed by atoms with van der Waals surface area (Å²) in [7, 11) is 0. The van der Waals surface area contributed by atoms with Gasteiger partial charge in [-0.15, -0.1) is 0 Å². The zero-order chi connectivity index (χ0) is 27.7. The molecule has 1 fully saturated rings. The highest BCUT2D eigenvalue weighted by Crippen LogP contribution is 2.25. The molecule has 0 radical (unpaired) electrons. The van der Waals surface area contributed by atoms with E-state index in [4.69, 9.17) is 4.74 Å². The molecule has 1 aliphatic heterocycles. The van der Waals surface area contributed by atoms with Crippen molar-refractivity contribution in [3.8, 4) is 11.1 Å². The van der Waals surface area contributed by atoms with Crippen LogP contribution in [0.4, 0.5) is 0 Å². The number of ether oxygens (including phenoxy) is 1. The summed E-state index contributed by atoms with van der Waals surface area (Å²) in [6.07, 6.45) is -5.81. The van der Waals surface area contributed by atoms with Gasteiger partial charge in [0.2, 0.25) is 5.91 Å². The molecule has 0 saturated carbocycles. The van der Waals surface area contributed by atoms with Crippen molar-refractivity contribution in [1.29, 1.82) is 0 Å². The number of amides is 1. The zero-order valence-electron chi connectivity index (χ0n) is 21.8. The number of nitrogens with one attached hydrogen (secondary N) is 1. The van der Waals surface area contributed by atoms with Crippen LogP contribution in [0.2, 0.25) is 0 Å². The Hall–Kier alpha value is -2.37. The van der Waals surface area contributed by atoms with Gasteiger partial charge in [0.1, 0.15) is 24.4 Å². The first-order chi connectivity index (χ1) is 18.2. The molecule has 1 unspecified atom stereocenters. The molecule has 210 valence electrons. The van der Waals surface area contributed by atoms with Gasteiger partial charge in [0.25, 0.3) is 0 Å². The molecule has 2 aromatic carbocycles. The second-order valence-corrected chi connectivity index (χ2v) is 10.1. The smallest absolute Gasteiger partial charge is 0.220 e. The molecule has 1 heterocycles. The van der Waals surface area contributed by atoms with Crippen LogP contribution < -0.4 is 5.32 Å².